The number of alkyl halides is 3. The van der Waals surface area contributed by atoms with E-state index in [0.717, 1.165) is 6.07 Å². The molecule has 41 heavy (non-hydrogen) atoms. The number of allylic oxidation sites excluding steroid dienone is 2. The number of hydrogen-bond donors (Lipinski definition) is 2. The van der Waals surface area contributed by atoms with E-state index in [0.29, 0.717) is 17.7 Å². The number of sulfonamides is 1. The van der Waals surface area contributed by atoms with Crippen LogP contribution in [0, 0.1) is 17.7 Å². The van der Waals surface area contributed by atoms with Crippen LogP contribution in [0.15, 0.2) is 59.6 Å². The Morgan fingerprint density at radius 2 is 1.90 bits per heavy atom. The molecule has 1 unspecified atom stereocenters. The molecule has 0 bridgehead atoms. The maximum Gasteiger partial charge on any atom is 0.392 e. The summed E-state index contributed by atoms with van der Waals surface area (Å²) in [4.78, 5) is 21.5. The lowest BCUT2D eigenvalue weighted by molar-refractivity contribution is -0.175. The molecule has 3 N–H and O–H groups in total. The first-order valence-electron chi connectivity index (χ1n) is 12.7. The van der Waals surface area contributed by atoms with Gasteiger partial charge in [0, 0.05) is 11.6 Å². The van der Waals surface area contributed by atoms with Crippen molar-refractivity contribution in [3.05, 3.63) is 71.7 Å². The zero-order valence-electron chi connectivity index (χ0n) is 22.2. The molecule has 1 aliphatic carbocycles. The summed E-state index contributed by atoms with van der Waals surface area (Å²) in [6, 6.07) is 10.5. The third kappa shape index (κ3) is 7.40. The van der Waals surface area contributed by atoms with Crippen LogP contribution in [0.5, 0.6) is 5.75 Å². The molecule has 8 nitrogen and oxygen atoms in total. The second kappa shape index (κ2) is 11.9. The lowest BCUT2D eigenvalue weighted by Crippen LogP contribution is -2.32. The minimum absolute atomic E-state index is 0.00901. The summed E-state index contributed by atoms with van der Waals surface area (Å²) < 4.78 is 87.5. The monoisotopic (exact) mass is 592 g/mol. The summed E-state index contributed by atoms with van der Waals surface area (Å²) >= 11 is 0. The van der Waals surface area contributed by atoms with Crippen molar-refractivity contribution in [3.63, 3.8) is 0 Å². The Labute approximate surface area is 234 Å². The predicted molar refractivity (Wildman–Crippen MR) is 145 cm³/mol. The van der Waals surface area contributed by atoms with Gasteiger partial charge in [-0.05, 0) is 67.2 Å². The molecule has 1 amide bonds. The molecule has 218 valence electrons. The first-order valence-corrected chi connectivity index (χ1v) is 14.2. The van der Waals surface area contributed by atoms with E-state index in [4.69, 9.17) is 10.5 Å². The number of carbonyl (C=O) groups excluding carboxylic acids is 1. The molecule has 3 aromatic rings. The number of carbonyl (C=O) groups is 1. The van der Waals surface area contributed by atoms with E-state index < -0.39 is 38.9 Å². The van der Waals surface area contributed by atoms with Crippen LogP contribution in [0.1, 0.15) is 49.2 Å². The molecule has 13 heteroatoms. The van der Waals surface area contributed by atoms with Crippen LogP contribution >= 0.6 is 0 Å². The minimum atomic E-state index is -4.45. The number of benzene rings is 1. The van der Waals surface area contributed by atoms with Gasteiger partial charge in [0.1, 0.15) is 17.4 Å². The fourth-order valence-corrected chi connectivity index (χ4v) is 5.20. The van der Waals surface area contributed by atoms with Crippen molar-refractivity contribution in [2.75, 3.05) is 12.3 Å². The maximum absolute atomic E-state index is 14.5. The number of nitrogens with two attached hydrogens (primary N) is 1. The number of hydrogen-bond acceptors (Lipinski definition) is 7. The summed E-state index contributed by atoms with van der Waals surface area (Å²) in [7, 11) is -4.45. The van der Waals surface area contributed by atoms with Crippen LogP contribution in [0.4, 0.5) is 23.4 Å². The molecule has 1 aromatic carbocycles. The highest BCUT2D eigenvalue weighted by atomic mass is 32.2. The Morgan fingerprint density at radius 1 is 1.15 bits per heavy atom. The number of ether oxygens (including phenoxy) is 1. The Balaban J connectivity index is 1.75. The number of nitrogens with one attached hydrogen (secondary N) is 1. The van der Waals surface area contributed by atoms with Crippen molar-refractivity contribution >= 4 is 27.3 Å². The van der Waals surface area contributed by atoms with Crippen molar-refractivity contribution in [2.24, 2.45) is 11.8 Å². The molecule has 2 heterocycles. The van der Waals surface area contributed by atoms with Gasteiger partial charge >= 0.3 is 6.18 Å². The highest BCUT2D eigenvalue weighted by Crippen LogP contribution is 2.40. The molecule has 2 aromatic heterocycles. The largest absolute Gasteiger partial charge is 0.493 e. The van der Waals surface area contributed by atoms with Crippen LogP contribution in [0.25, 0.3) is 16.8 Å². The van der Waals surface area contributed by atoms with Gasteiger partial charge in [0.05, 0.1) is 29.5 Å². The lowest BCUT2D eigenvalue weighted by Gasteiger charge is -2.25. The third-order valence-electron chi connectivity index (χ3n) is 6.32. The first kappa shape index (κ1) is 30.0. The number of rotatable bonds is 8. The fourth-order valence-electron chi connectivity index (χ4n) is 4.26. The summed E-state index contributed by atoms with van der Waals surface area (Å²) in [6.45, 7) is 4.20. The van der Waals surface area contributed by atoms with Gasteiger partial charge in [-0.3, -0.25) is 4.79 Å². The summed E-state index contributed by atoms with van der Waals surface area (Å²) in [5.41, 5.74) is 6.22. The van der Waals surface area contributed by atoms with E-state index >= 15 is 0 Å². The van der Waals surface area contributed by atoms with Crippen LogP contribution in [-0.2, 0) is 10.0 Å². The van der Waals surface area contributed by atoms with Gasteiger partial charge in [0.25, 0.3) is 15.9 Å². The smallest absolute Gasteiger partial charge is 0.392 e. The van der Waals surface area contributed by atoms with Gasteiger partial charge in [0.2, 0.25) is 0 Å². The number of pyridine rings is 2. The summed E-state index contributed by atoms with van der Waals surface area (Å²) in [5.74, 6) is -2.86. The lowest BCUT2D eigenvalue weighted by atomic mass is 9.86. The van der Waals surface area contributed by atoms with Crippen molar-refractivity contribution in [1.82, 2.24) is 14.7 Å². The van der Waals surface area contributed by atoms with E-state index in [1.165, 1.54) is 42.5 Å². The third-order valence-corrected chi connectivity index (χ3v) is 7.55. The van der Waals surface area contributed by atoms with Gasteiger partial charge in [0.15, 0.2) is 5.03 Å². The van der Waals surface area contributed by atoms with Crippen molar-refractivity contribution in [3.8, 4) is 17.0 Å². The Morgan fingerprint density at radius 3 is 2.54 bits per heavy atom. The maximum atomic E-state index is 14.5. The molecule has 1 atom stereocenters. The van der Waals surface area contributed by atoms with Gasteiger partial charge in [-0.15, -0.1) is 0 Å². The zero-order chi connectivity index (χ0) is 29.9. The van der Waals surface area contributed by atoms with Gasteiger partial charge in [-0.25, -0.2) is 19.1 Å². The van der Waals surface area contributed by atoms with Crippen LogP contribution in [0.2, 0.25) is 0 Å². The standard InChI is InChI=1S/C28H28F4N4O4S/c1-16(2)15-40-21-13-18(12-20(29)14-21)23-11-10-22(26(34-23)17-6-8-19(9-7-17)28(30,31)32)27(37)36-41(38,39)25-5-3-4-24(33)35-25/h3-6,10-14,16,19H,7-9,15H2,1-2H3,(H2,33,35)(H,36,37). The van der Waals surface area contributed by atoms with Crippen molar-refractivity contribution in [2.45, 2.75) is 44.3 Å². The molecule has 4 rings (SSSR count). The van der Waals surface area contributed by atoms with E-state index in [1.807, 2.05) is 18.6 Å². The van der Waals surface area contributed by atoms with Crippen LogP contribution in [-0.4, -0.2) is 37.1 Å². The van der Waals surface area contributed by atoms with Gasteiger partial charge < -0.3 is 10.5 Å². The van der Waals surface area contributed by atoms with Gasteiger partial charge in [-0.1, -0.05) is 26.0 Å². The molecule has 1 aliphatic rings. The second-order valence-electron chi connectivity index (χ2n) is 10.1. The second-order valence-corrected chi connectivity index (χ2v) is 11.7. The molecule has 0 saturated heterocycles. The highest BCUT2D eigenvalue weighted by Gasteiger charge is 2.40. The zero-order valence-corrected chi connectivity index (χ0v) is 23.0. The molecule has 0 fully saturated rings. The minimum Gasteiger partial charge on any atom is -0.493 e. The number of amides is 1. The summed E-state index contributed by atoms with van der Waals surface area (Å²) in [6.07, 6.45) is -3.66. The predicted octanol–water partition coefficient (Wildman–Crippen LogP) is 5.76. The van der Waals surface area contributed by atoms with E-state index in [1.54, 1.807) is 6.07 Å². The van der Waals surface area contributed by atoms with Crippen molar-refractivity contribution < 1.29 is 35.5 Å². The number of aromatic nitrogens is 2. The Bertz CT molecular complexity index is 1590. The molecule has 0 spiro atoms. The SMILES string of the molecule is CC(C)COc1cc(F)cc(-c2ccc(C(=O)NS(=O)(=O)c3cccc(N)n3)c(C3=CCC(C(F)(F)F)CC3)n2)c1. The topological polar surface area (TPSA) is 124 Å². The number of nitrogens with zero attached hydrogens (tertiary/aromatic N) is 2. The normalized spacial score (nSPS) is 15.9. The van der Waals surface area contributed by atoms with Crippen LogP contribution in [0.3, 0.4) is 0 Å². The van der Waals surface area contributed by atoms with Crippen molar-refractivity contribution in [1.29, 1.82) is 0 Å². The van der Waals surface area contributed by atoms with Gasteiger partial charge in [-0.2, -0.15) is 21.6 Å². The average molecular weight is 593 g/mol. The highest BCUT2D eigenvalue weighted by molar-refractivity contribution is 7.90. The average Bonchev–Trinajstić information content (AvgIpc) is 2.90. The Hall–Kier alpha value is -4.00. The van der Waals surface area contributed by atoms with E-state index in [2.05, 4.69) is 9.97 Å². The number of anilines is 1. The Kier molecular flexibility index (Phi) is 8.66. The molecule has 0 saturated carbocycles. The van der Waals surface area contributed by atoms with Crippen LogP contribution < -0.4 is 15.2 Å². The van der Waals surface area contributed by atoms with E-state index in [-0.39, 0.29) is 53.7 Å². The number of nitrogen functional groups attached to an aromatic ring is 1. The van der Waals surface area contributed by atoms with E-state index in [9.17, 15) is 30.8 Å². The first-order chi connectivity index (χ1) is 19.2. The molecular weight excluding hydrogens is 564 g/mol. The number of halogens is 4. The summed E-state index contributed by atoms with van der Waals surface area (Å²) in [5, 5.41) is -0.490. The molecule has 0 radical (unpaired) electrons. The quantitative estimate of drug-likeness (QED) is 0.319. The molecular formula is C28H28F4N4O4S. The molecule has 0 aliphatic heterocycles. The fraction of sp³-hybridized carbons (Fsp3) is 0.321.